The van der Waals surface area contributed by atoms with Gasteiger partial charge in [0.15, 0.2) is 0 Å². The summed E-state index contributed by atoms with van der Waals surface area (Å²) in [7, 11) is 0. The quantitative estimate of drug-likeness (QED) is 0.846. The van der Waals surface area contributed by atoms with E-state index in [1.165, 1.54) is 28.8 Å². The first kappa shape index (κ1) is 12.9. The van der Waals surface area contributed by atoms with Gasteiger partial charge in [0.2, 0.25) is 0 Å². The maximum Gasteiger partial charge on any atom is 0.124 e. The van der Waals surface area contributed by atoms with Crippen LogP contribution >= 0.6 is 11.6 Å². The zero-order valence-electron chi connectivity index (χ0n) is 10.4. The molecule has 0 bridgehead atoms. The average Bonchev–Trinajstić information content (AvgIpc) is 2.32. The van der Waals surface area contributed by atoms with Gasteiger partial charge in [0.25, 0.3) is 0 Å². The van der Waals surface area contributed by atoms with Crippen LogP contribution in [0.3, 0.4) is 0 Å². The molecule has 0 aromatic heterocycles. The molecule has 0 fully saturated rings. The second kappa shape index (κ2) is 5.40. The molecule has 0 heterocycles. The molecule has 0 spiro atoms. The Labute approximate surface area is 112 Å². The normalized spacial score (nSPS) is 10.4. The summed E-state index contributed by atoms with van der Waals surface area (Å²) in [5.41, 5.74) is 4.42. The van der Waals surface area contributed by atoms with E-state index in [2.05, 4.69) is 37.4 Å². The fraction of sp³-hybridized carbons (Fsp3) is 0.200. The van der Waals surface area contributed by atoms with Crippen LogP contribution < -0.4 is 5.32 Å². The van der Waals surface area contributed by atoms with E-state index >= 15 is 0 Å². The Bertz CT molecular complexity index is 566. The van der Waals surface area contributed by atoms with Crippen molar-refractivity contribution >= 4 is 17.3 Å². The van der Waals surface area contributed by atoms with Gasteiger partial charge in [0.05, 0.1) is 10.7 Å². The van der Waals surface area contributed by atoms with E-state index in [0.717, 1.165) is 5.69 Å². The van der Waals surface area contributed by atoms with Crippen molar-refractivity contribution in [3.8, 4) is 0 Å². The van der Waals surface area contributed by atoms with Gasteiger partial charge in [0, 0.05) is 6.54 Å². The van der Waals surface area contributed by atoms with Gasteiger partial charge in [-0.2, -0.15) is 0 Å². The van der Waals surface area contributed by atoms with Crippen molar-refractivity contribution in [3.63, 3.8) is 0 Å². The lowest BCUT2D eigenvalue weighted by molar-refractivity contribution is 0.628. The van der Waals surface area contributed by atoms with Crippen molar-refractivity contribution in [3.05, 3.63) is 63.9 Å². The zero-order valence-corrected chi connectivity index (χ0v) is 11.2. The summed E-state index contributed by atoms with van der Waals surface area (Å²) in [6.45, 7) is 4.81. The number of hydrogen-bond acceptors (Lipinski definition) is 1. The molecule has 0 radical (unpaired) electrons. The first-order valence-electron chi connectivity index (χ1n) is 5.81. The van der Waals surface area contributed by atoms with Crippen molar-refractivity contribution in [1.82, 2.24) is 0 Å². The number of hydrogen-bond donors (Lipinski definition) is 1. The van der Waals surface area contributed by atoms with Gasteiger partial charge in [-0.1, -0.05) is 35.4 Å². The Kier molecular flexibility index (Phi) is 3.87. The SMILES string of the molecule is Cc1ccc(C)c(CNc2ccc(F)cc2Cl)c1. The molecular formula is C15H15ClFN. The molecule has 0 amide bonds. The van der Waals surface area contributed by atoms with Crippen LogP contribution in [0, 0.1) is 19.7 Å². The standard InChI is InChI=1S/C15H15ClFN/c1-10-3-4-11(2)12(7-10)9-18-15-6-5-13(17)8-14(15)16/h3-8,18H,9H2,1-2H3. The van der Waals surface area contributed by atoms with E-state index in [1.807, 2.05) is 0 Å². The summed E-state index contributed by atoms with van der Waals surface area (Å²) in [6.07, 6.45) is 0. The van der Waals surface area contributed by atoms with Gasteiger partial charge < -0.3 is 5.32 Å². The molecule has 3 heteroatoms. The third-order valence-electron chi connectivity index (χ3n) is 2.91. The second-order valence-electron chi connectivity index (χ2n) is 4.41. The van der Waals surface area contributed by atoms with Gasteiger partial charge in [0.1, 0.15) is 5.82 Å². The minimum atomic E-state index is -0.322. The Morgan fingerprint density at radius 1 is 1.11 bits per heavy atom. The third kappa shape index (κ3) is 3.02. The predicted octanol–water partition coefficient (Wildman–Crippen LogP) is 4.71. The summed E-state index contributed by atoms with van der Waals surface area (Å²) in [5.74, 6) is -0.322. The van der Waals surface area contributed by atoms with E-state index in [1.54, 1.807) is 6.07 Å². The van der Waals surface area contributed by atoms with Crippen molar-refractivity contribution in [2.75, 3.05) is 5.32 Å². The number of benzene rings is 2. The summed E-state index contributed by atoms with van der Waals surface area (Å²) < 4.78 is 12.9. The highest BCUT2D eigenvalue weighted by molar-refractivity contribution is 6.33. The van der Waals surface area contributed by atoms with Crippen molar-refractivity contribution in [2.24, 2.45) is 0 Å². The molecule has 0 aliphatic rings. The molecule has 0 unspecified atom stereocenters. The van der Waals surface area contributed by atoms with Gasteiger partial charge in [-0.05, 0) is 43.2 Å². The van der Waals surface area contributed by atoms with E-state index in [-0.39, 0.29) is 5.82 Å². The number of nitrogens with one attached hydrogen (secondary N) is 1. The molecule has 1 N–H and O–H groups in total. The fourth-order valence-corrected chi connectivity index (χ4v) is 2.05. The van der Waals surface area contributed by atoms with Gasteiger partial charge in [-0.25, -0.2) is 4.39 Å². The maximum absolute atomic E-state index is 12.9. The largest absolute Gasteiger partial charge is 0.380 e. The Balaban J connectivity index is 2.13. The number of rotatable bonds is 3. The molecule has 0 aliphatic heterocycles. The fourth-order valence-electron chi connectivity index (χ4n) is 1.81. The number of aryl methyl sites for hydroxylation is 2. The highest BCUT2D eigenvalue weighted by atomic mass is 35.5. The Morgan fingerprint density at radius 3 is 2.61 bits per heavy atom. The van der Waals surface area contributed by atoms with E-state index in [0.29, 0.717) is 11.6 Å². The summed E-state index contributed by atoms with van der Waals surface area (Å²) in [5, 5.41) is 3.63. The summed E-state index contributed by atoms with van der Waals surface area (Å²) >= 11 is 5.96. The topological polar surface area (TPSA) is 12.0 Å². The van der Waals surface area contributed by atoms with Crippen LogP contribution in [0.25, 0.3) is 0 Å². The van der Waals surface area contributed by atoms with Crippen LogP contribution in [0.2, 0.25) is 5.02 Å². The van der Waals surface area contributed by atoms with Crippen LogP contribution in [-0.4, -0.2) is 0 Å². The molecule has 2 aromatic rings. The lowest BCUT2D eigenvalue weighted by Gasteiger charge is -2.11. The van der Waals surface area contributed by atoms with Gasteiger partial charge in [-0.15, -0.1) is 0 Å². The van der Waals surface area contributed by atoms with E-state index in [9.17, 15) is 4.39 Å². The lowest BCUT2D eigenvalue weighted by atomic mass is 10.1. The maximum atomic E-state index is 12.9. The summed E-state index contributed by atoms with van der Waals surface area (Å²) in [4.78, 5) is 0. The Morgan fingerprint density at radius 2 is 1.89 bits per heavy atom. The van der Waals surface area contributed by atoms with Crippen molar-refractivity contribution in [1.29, 1.82) is 0 Å². The molecule has 0 aliphatic carbocycles. The average molecular weight is 264 g/mol. The number of anilines is 1. The minimum Gasteiger partial charge on any atom is -0.380 e. The lowest BCUT2D eigenvalue weighted by Crippen LogP contribution is -2.02. The van der Waals surface area contributed by atoms with Crippen molar-refractivity contribution in [2.45, 2.75) is 20.4 Å². The molecule has 0 saturated heterocycles. The van der Waals surface area contributed by atoms with Gasteiger partial charge in [-0.3, -0.25) is 0 Å². The predicted molar refractivity (Wildman–Crippen MR) is 74.7 cm³/mol. The molecule has 94 valence electrons. The number of halogens is 2. The molecule has 0 atom stereocenters. The monoisotopic (exact) mass is 263 g/mol. The minimum absolute atomic E-state index is 0.322. The highest BCUT2D eigenvalue weighted by Gasteiger charge is 2.03. The van der Waals surface area contributed by atoms with Crippen LogP contribution in [0.15, 0.2) is 36.4 Å². The summed E-state index contributed by atoms with van der Waals surface area (Å²) in [6, 6.07) is 10.7. The third-order valence-corrected chi connectivity index (χ3v) is 3.22. The second-order valence-corrected chi connectivity index (χ2v) is 4.81. The van der Waals surface area contributed by atoms with Crippen LogP contribution in [0.1, 0.15) is 16.7 Å². The van der Waals surface area contributed by atoms with E-state index < -0.39 is 0 Å². The molecule has 0 saturated carbocycles. The first-order valence-corrected chi connectivity index (χ1v) is 6.19. The molecular weight excluding hydrogens is 249 g/mol. The van der Waals surface area contributed by atoms with Crippen LogP contribution in [0.4, 0.5) is 10.1 Å². The van der Waals surface area contributed by atoms with Crippen LogP contribution in [0.5, 0.6) is 0 Å². The molecule has 2 rings (SSSR count). The van der Waals surface area contributed by atoms with Gasteiger partial charge >= 0.3 is 0 Å². The zero-order chi connectivity index (χ0) is 13.1. The highest BCUT2D eigenvalue weighted by Crippen LogP contribution is 2.23. The molecule has 2 aromatic carbocycles. The van der Waals surface area contributed by atoms with Crippen LogP contribution in [-0.2, 0) is 6.54 Å². The Hall–Kier alpha value is -1.54. The van der Waals surface area contributed by atoms with Crippen molar-refractivity contribution < 1.29 is 4.39 Å². The smallest absolute Gasteiger partial charge is 0.124 e. The molecule has 18 heavy (non-hydrogen) atoms. The molecule has 1 nitrogen and oxygen atoms in total. The van der Waals surface area contributed by atoms with E-state index in [4.69, 9.17) is 11.6 Å². The first-order chi connectivity index (χ1) is 8.56.